The number of hydrogen-bond donors (Lipinski definition) is 1. The van der Waals surface area contributed by atoms with E-state index in [1.165, 1.54) is 4.31 Å². The summed E-state index contributed by atoms with van der Waals surface area (Å²) in [7, 11) is -3.71. The molecule has 0 spiro atoms. The molecule has 0 radical (unpaired) electrons. The third kappa shape index (κ3) is 6.23. The zero-order chi connectivity index (χ0) is 29.0. The summed E-state index contributed by atoms with van der Waals surface area (Å²) in [6.45, 7) is 5.11. The van der Waals surface area contributed by atoms with Gasteiger partial charge in [-0.3, -0.25) is 9.59 Å². The molecular formula is C31H35N3O6S. The molecule has 0 unspecified atom stereocenters. The number of fused-ring (bicyclic) bond motifs is 1. The average molecular weight is 578 g/mol. The van der Waals surface area contributed by atoms with Gasteiger partial charge in [-0.2, -0.15) is 4.31 Å². The normalized spacial score (nSPS) is 17.8. The molecule has 9 nitrogen and oxygen atoms in total. The Kier molecular flexibility index (Phi) is 8.60. The highest BCUT2D eigenvalue weighted by molar-refractivity contribution is 7.89. The highest BCUT2D eigenvalue weighted by Crippen LogP contribution is 2.36. The van der Waals surface area contributed by atoms with E-state index in [-0.39, 0.29) is 42.3 Å². The second kappa shape index (κ2) is 12.3. The van der Waals surface area contributed by atoms with Gasteiger partial charge in [0.25, 0.3) is 5.91 Å². The molecule has 0 aromatic heterocycles. The van der Waals surface area contributed by atoms with Crippen LogP contribution in [0.25, 0.3) is 0 Å². The van der Waals surface area contributed by atoms with Gasteiger partial charge in [-0.15, -0.1) is 0 Å². The van der Waals surface area contributed by atoms with Gasteiger partial charge in [-0.1, -0.05) is 42.5 Å². The predicted octanol–water partition coefficient (Wildman–Crippen LogP) is 3.91. The summed E-state index contributed by atoms with van der Waals surface area (Å²) in [5.41, 5.74) is 2.34. The second-order valence-corrected chi connectivity index (χ2v) is 12.2. The van der Waals surface area contributed by atoms with Crippen molar-refractivity contribution < 1.29 is 27.5 Å². The Hall–Kier alpha value is -3.89. The SMILES string of the molecule is CCOc1ccc(S(=O)(=O)N2CCC(C(=O)N3C[C@H](C(=O)NCc4ccccc4)Oc4ccccc43)CC2)cc1C. The lowest BCUT2D eigenvalue weighted by Crippen LogP contribution is -2.53. The lowest BCUT2D eigenvalue weighted by molar-refractivity contribution is -0.129. The maximum atomic E-state index is 13.8. The van der Waals surface area contributed by atoms with E-state index in [0.717, 1.165) is 11.1 Å². The summed E-state index contributed by atoms with van der Waals surface area (Å²) in [6.07, 6.45) is -0.0855. The van der Waals surface area contributed by atoms with Crippen LogP contribution in [0.1, 0.15) is 30.9 Å². The van der Waals surface area contributed by atoms with Crippen molar-refractivity contribution in [2.45, 2.75) is 44.2 Å². The fourth-order valence-corrected chi connectivity index (χ4v) is 6.85. The Morgan fingerprint density at radius 1 is 1.00 bits per heavy atom. The number of carbonyl (C=O) groups is 2. The van der Waals surface area contributed by atoms with Crippen LogP contribution in [0, 0.1) is 12.8 Å². The van der Waals surface area contributed by atoms with Crippen LogP contribution in [0.4, 0.5) is 5.69 Å². The molecule has 216 valence electrons. The third-order valence-electron chi connectivity index (χ3n) is 7.53. The molecule has 2 heterocycles. The molecule has 0 bridgehead atoms. The van der Waals surface area contributed by atoms with Crippen LogP contribution in [0.15, 0.2) is 77.7 Å². The number of nitrogens with one attached hydrogen (secondary N) is 1. The molecule has 2 aliphatic rings. The van der Waals surface area contributed by atoms with Crippen LogP contribution in [-0.2, 0) is 26.2 Å². The fraction of sp³-hybridized carbons (Fsp3) is 0.355. The number of rotatable bonds is 8. The highest BCUT2D eigenvalue weighted by Gasteiger charge is 2.39. The highest BCUT2D eigenvalue weighted by atomic mass is 32.2. The molecule has 2 amide bonds. The standard InChI is InChI=1S/C31H35N3O6S/c1-3-39-27-14-13-25(19-22(27)2)41(37,38)33-17-15-24(16-18-33)31(36)34-21-29(40-28-12-8-7-11-26(28)34)30(35)32-20-23-9-5-4-6-10-23/h4-14,19,24,29H,3,15-18,20-21H2,1-2H3,(H,32,35)/t29-/m1/s1. The van der Waals surface area contributed by atoms with Crippen LogP contribution in [-0.4, -0.2) is 56.9 Å². The summed E-state index contributed by atoms with van der Waals surface area (Å²) in [4.78, 5) is 28.7. The second-order valence-electron chi connectivity index (χ2n) is 10.3. The van der Waals surface area contributed by atoms with Crippen LogP contribution < -0.4 is 19.7 Å². The average Bonchev–Trinajstić information content (AvgIpc) is 3.00. The Bertz CT molecular complexity index is 1500. The number of nitrogens with zero attached hydrogens (tertiary/aromatic N) is 2. The summed E-state index contributed by atoms with van der Waals surface area (Å²) in [6, 6.07) is 21.7. The monoisotopic (exact) mass is 577 g/mol. The zero-order valence-corrected chi connectivity index (χ0v) is 24.1. The molecule has 3 aromatic carbocycles. The van der Waals surface area contributed by atoms with E-state index in [2.05, 4.69) is 5.32 Å². The Morgan fingerprint density at radius 3 is 2.41 bits per heavy atom. The van der Waals surface area contributed by atoms with E-state index in [0.29, 0.717) is 43.2 Å². The van der Waals surface area contributed by atoms with Crippen molar-refractivity contribution in [3.63, 3.8) is 0 Å². The van der Waals surface area contributed by atoms with Gasteiger partial charge >= 0.3 is 0 Å². The van der Waals surface area contributed by atoms with E-state index in [1.807, 2.05) is 50.2 Å². The minimum Gasteiger partial charge on any atom is -0.494 e. The summed E-state index contributed by atoms with van der Waals surface area (Å²) >= 11 is 0. The van der Waals surface area contributed by atoms with Crippen molar-refractivity contribution in [3.8, 4) is 11.5 Å². The van der Waals surface area contributed by atoms with Crippen molar-refractivity contribution >= 4 is 27.5 Å². The summed E-state index contributed by atoms with van der Waals surface area (Å²) in [5.74, 6) is 0.331. The number of carbonyl (C=O) groups excluding carboxylic acids is 2. The van der Waals surface area contributed by atoms with Crippen molar-refractivity contribution in [3.05, 3.63) is 83.9 Å². The number of para-hydroxylation sites is 2. The van der Waals surface area contributed by atoms with Gasteiger partial charge in [-0.25, -0.2) is 8.42 Å². The van der Waals surface area contributed by atoms with Crippen LogP contribution >= 0.6 is 0 Å². The van der Waals surface area contributed by atoms with Gasteiger partial charge in [0.2, 0.25) is 15.9 Å². The molecule has 1 N–H and O–H groups in total. The van der Waals surface area contributed by atoms with Crippen molar-refractivity contribution in [2.24, 2.45) is 5.92 Å². The first-order valence-electron chi connectivity index (χ1n) is 13.9. The third-order valence-corrected chi connectivity index (χ3v) is 9.42. The van der Waals surface area contributed by atoms with Gasteiger partial charge in [0.1, 0.15) is 11.5 Å². The number of hydrogen-bond acceptors (Lipinski definition) is 6. The number of anilines is 1. The van der Waals surface area contributed by atoms with Gasteiger partial charge in [0, 0.05) is 25.6 Å². The molecule has 41 heavy (non-hydrogen) atoms. The molecule has 10 heteroatoms. The lowest BCUT2D eigenvalue weighted by Gasteiger charge is -2.38. The molecular weight excluding hydrogens is 542 g/mol. The molecule has 0 aliphatic carbocycles. The predicted molar refractivity (Wildman–Crippen MR) is 155 cm³/mol. The van der Waals surface area contributed by atoms with E-state index in [4.69, 9.17) is 9.47 Å². The first-order valence-corrected chi connectivity index (χ1v) is 15.3. The van der Waals surface area contributed by atoms with E-state index < -0.39 is 16.1 Å². The van der Waals surface area contributed by atoms with Gasteiger partial charge in [0.05, 0.1) is 23.7 Å². The molecule has 1 atom stereocenters. The van der Waals surface area contributed by atoms with Crippen molar-refractivity contribution in [1.29, 1.82) is 0 Å². The van der Waals surface area contributed by atoms with Gasteiger partial charge in [-0.05, 0) is 68.1 Å². The molecule has 3 aromatic rings. The lowest BCUT2D eigenvalue weighted by atomic mass is 9.95. The zero-order valence-electron chi connectivity index (χ0n) is 23.3. The molecule has 2 aliphatic heterocycles. The van der Waals surface area contributed by atoms with Gasteiger partial charge < -0.3 is 19.7 Å². The first kappa shape index (κ1) is 28.6. The molecule has 1 saturated heterocycles. The largest absolute Gasteiger partial charge is 0.494 e. The molecule has 5 rings (SSSR count). The Labute approximate surface area is 241 Å². The number of ether oxygens (including phenoxy) is 2. The number of sulfonamides is 1. The van der Waals surface area contributed by atoms with Gasteiger partial charge in [0.15, 0.2) is 6.10 Å². The van der Waals surface area contributed by atoms with Crippen molar-refractivity contribution in [1.82, 2.24) is 9.62 Å². The summed E-state index contributed by atoms with van der Waals surface area (Å²) < 4.78 is 39.7. The topological polar surface area (TPSA) is 105 Å². The maximum absolute atomic E-state index is 13.8. The number of piperidine rings is 1. The summed E-state index contributed by atoms with van der Waals surface area (Å²) in [5, 5.41) is 2.91. The van der Waals surface area contributed by atoms with Crippen LogP contribution in [0.2, 0.25) is 0 Å². The fourth-order valence-electron chi connectivity index (χ4n) is 5.29. The Morgan fingerprint density at radius 2 is 1.71 bits per heavy atom. The van der Waals surface area contributed by atoms with E-state index in [9.17, 15) is 18.0 Å². The minimum atomic E-state index is -3.71. The van der Waals surface area contributed by atoms with E-state index >= 15 is 0 Å². The first-order chi connectivity index (χ1) is 19.8. The number of amides is 2. The maximum Gasteiger partial charge on any atom is 0.263 e. The molecule has 0 saturated carbocycles. The van der Waals surface area contributed by atoms with Crippen molar-refractivity contribution in [2.75, 3.05) is 31.1 Å². The Balaban J connectivity index is 1.25. The van der Waals surface area contributed by atoms with E-state index in [1.54, 1.807) is 41.3 Å². The smallest absolute Gasteiger partial charge is 0.263 e. The number of benzene rings is 3. The quantitative estimate of drug-likeness (QED) is 0.436. The minimum absolute atomic E-state index is 0.0838. The number of aryl methyl sites for hydroxylation is 1. The van der Waals surface area contributed by atoms with Crippen LogP contribution in [0.3, 0.4) is 0 Å². The van der Waals surface area contributed by atoms with Crippen LogP contribution in [0.5, 0.6) is 11.5 Å². The molecule has 1 fully saturated rings.